The lowest BCUT2D eigenvalue weighted by atomic mass is 10.1. The fraction of sp³-hybridized carbons (Fsp3) is 0.143. The van der Waals surface area contributed by atoms with Gasteiger partial charge in [0, 0.05) is 12.1 Å². The summed E-state index contributed by atoms with van der Waals surface area (Å²) in [6, 6.07) is 8.55. The number of hydrogen-bond acceptors (Lipinski definition) is 6. The lowest BCUT2D eigenvalue weighted by Gasteiger charge is -2.01. The number of halogens is 1. The Hall–Kier alpha value is -2.54. The molecule has 2 aromatic rings. The SMILES string of the molecule is COc1cc(N=Nc2cccc(S(=O)(=O)O)c2)c(C)cc1[N+]#N.[Cl-]. The van der Waals surface area contributed by atoms with Gasteiger partial charge < -0.3 is 17.1 Å². The maximum Gasteiger partial charge on any atom is 0.426 e. The van der Waals surface area contributed by atoms with Gasteiger partial charge in [0.2, 0.25) is 11.1 Å². The summed E-state index contributed by atoms with van der Waals surface area (Å²) < 4.78 is 36.3. The van der Waals surface area contributed by atoms with Gasteiger partial charge in [-0.15, -0.1) is 0 Å². The third-order valence-corrected chi connectivity index (χ3v) is 3.84. The molecule has 0 saturated heterocycles. The summed E-state index contributed by atoms with van der Waals surface area (Å²) in [6.07, 6.45) is 0. The minimum atomic E-state index is -4.30. The molecule has 0 bridgehead atoms. The number of aryl methyl sites for hydroxylation is 1. The number of nitrogens with zero attached hydrogens (tertiary/aromatic N) is 4. The largest absolute Gasteiger partial charge is 1.00 e. The van der Waals surface area contributed by atoms with Crippen LogP contribution in [0, 0.1) is 12.3 Å². The molecule has 0 saturated carbocycles. The summed E-state index contributed by atoms with van der Waals surface area (Å²) >= 11 is 0. The maximum absolute atomic E-state index is 11.1. The topological polar surface area (TPSA) is 116 Å². The Morgan fingerprint density at radius 2 is 1.92 bits per heavy atom. The molecule has 0 aliphatic rings. The molecule has 126 valence electrons. The number of hydrogen-bond donors (Lipinski definition) is 1. The summed E-state index contributed by atoms with van der Waals surface area (Å²) in [5, 5.41) is 16.9. The van der Waals surface area contributed by atoms with E-state index in [1.807, 2.05) is 0 Å². The number of benzene rings is 2. The number of rotatable bonds is 4. The summed E-state index contributed by atoms with van der Waals surface area (Å²) in [5.74, 6) is 0.318. The standard InChI is InChI=1S/C14H12N4O4S.ClH/c1-9-6-13(16-15)14(22-2)8-12(9)18-17-10-4-3-5-11(7-10)23(19,20)21;/h3-8H,1-2H3;1H. The second kappa shape index (κ2) is 7.83. The number of diazo groups is 1. The zero-order valence-corrected chi connectivity index (χ0v) is 14.3. The second-order valence-corrected chi connectivity index (χ2v) is 6.00. The quantitative estimate of drug-likeness (QED) is 0.493. The summed E-state index contributed by atoms with van der Waals surface area (Å²) in [4.78, 5) is 2.84. The molecular weight excluding hydrogens is 356 g/mol. The van der Waals surface area contributed by atoms with Gasteiger partial charge in [-0.05, 0) is 30.7 Å². The van der Waals surface area contributed by atoms with Gasteiger partial charge in [0.15, 0.2) is 4.98 Å². The van der Waals surface area contributed by atoms with Crippen LogP contribution in [0.4, 0.5) is 17.1 Å². The van der Waals surface area contributed by atoms with E-state index >= 15 is 0 Å². The van der Waals surface area contributed by atoms with Crippen LogP contribution >= 0.6 is 0 Å². The fourth-order valence-corrected chi connectivity index (χ4v) is 2.35. The van der Waals surface area contributed by atoms with E-state index in [-0.39, 0.29) is 28.7 Å². The van der Waals surface area contributed by atoms with Crippen LogP contribution in [0.1, 0.15) is 5.56 Å². The van der Waals surface area contributed by atoms with Crippen LogP contribution in [0.5, 0.6) is 5.75 Å². The molecule has 0 atom stereocenters. The van der Waals surface area contributed by atoms with E-state index in [1.54, 1.807) is 25.1 Å². The number of ether oxygens (including phenoxy) is 1. The van der Waals surface area contributed by atoms with E-state index in [1.165, 1.54) is 25.3 Å². The van der Waals surface area contributed by atoms with Gasteiger partial charge in [-0.3, -0.25) is 4.55 Å². The molecule has 0 fully saturated rings. The van der Waals surface area contributed by atoms with E-state index in [4.69, 9.17) is 14.7 Å². The average molecular weight is 369 g/mol. The smallest absolute Gasteiger partial charge is 0.426 e. The van der Waals surface area contributed by atoms with Gasteiger partial charge in [0.25, 0.3) is 10.1 Å². The molecule has 24 heavy (non-hydrogen) atoms. The van der Waals surface area contributed by atoms with Gasteiger partial charge in [0.1, 0.15) is 0 Å². The first-order chi connectivity index (χ1) is 10.8. The molecule has 0 unspecified atom stereocenters. The first-order valence-corrected chi connectivity index (χ1v) is 7.82. The molecule has 10 heteroatoms. The molecule has 1 N–H and O–H groups in total. The Bertz CT molecular complexity index is 923. The Morgan fingerprint density at radius 1 is 1.21 bits per heavy atom. The highest BCUT2D eigenvalue weighted by Gasteiger charge is 2.17. The molecule has 8 nitrogen and oxygen atoms in total. The van der Waals surface area contributed by atoms with Gasteiger partial charge in [0.05, 0.1) is 23.4 Å². The van der Waals surface area contributed by atoms with Crippen molar-refractivity contribution >= 4 is 27.2 Å². The minimum absolute atomic E-state index is 0. The minimum Gasteiger partial charge on any atom is -1.00 e. The molecule has 0 amide bonds. The molecule has 2 rings (SSSR count). The van der Waals surface area contributed by atoms with E-state index in [9.17, 15) is 8.42 Å². The first-order valence-electron chi connectivity index (χ1n) is 6.38. The summed E-state index contributed by atoms with van der Waals surface area (Å²) in [7, 11) is -2.87. The Morgan fingerprint density at radius 3 is 2.50 bits per heavy atom. The molecule has 0 aliphatic carbocycles. The zero-order chi connectivity index (χ0) is 17.0. The highest BCUT2D eigenvalue weighted by atomic mass is 35.5. The van der Waals surface area contributed by atoms with Crippen molar-refractivity contribution in [3.8, 4) is 5.75 Å². The summed E-state index contributed by atoms with van der Waals surface area (Å²) in [5.41, 5.74) is 1.67. The van der Waals surface area contributed by atoms with Crippen molar-refractivity contribution in [3.05, 3.63) is 46.9 Å². The van der Waals surface area contributed by atoms with Gasteiger partial charge in [-0.1, -0.05) is 6.07 Å². The Labute approximate surface area is 145 Å². The predicted octanol–water partition coefficient (Wildman–Crippen LogP) is 1.15. The first kappa shape index (κ1) is 19.5. The predicted molar refractivity (Wildman–Crippen MR) is 82.9 cm³/mol. The Balaban J connectivity index is 0.00000288. The van der Waals surface area contributed by atoms with Crippen LogP contribution < -0.4 is 17.1 Å². The highest BCUT2D eigenvalue weighted by molar-refractivity contribution is 7.85. The fourth-order valence-electron chi connectivity index (χ4n) is 1.83. The van der Waals surface area contributed by atoms with E-state index < -0.39 is 10.1 Å². The number of azo groups is 1. The monoisotopic (exact) mass is 368 g/mol. The van der Waals surface area contributed by atoms with Gasteiger partial charge in [-0.2, -0.15) is 18.6 Å². The van der Waals surface area contributed by atoms with Crippen LogP contribution in [0.2, 0.25) is 0 Å². The van der Waals surface area contributed by atoms with Crippen LogP contribution in [-0.2, 0) is 10.1 Å². The molecule has 0 aliphatic heterocycles. The van der Waals surface area contributed by atoms with E-state index in [2.05, 4.69) is 15.2 Å². The number of methoxy groups -OCH3 is 1. The van der Waals surface area contributed by atoms with Crippen LogP contribution in [0.3, 0.4) is 0 Å². The lowest BCUT2D eigenvalue weighted by Crippen LogP contribution is -3.00. The molecule has 0 radical (unpaired) electrons. The lowest BCUT2D eigenvalue weighted by molar-refractivity contribution is -0.00000942. The van der Waals surface area contributed by atoms with Crippen molar-refractivity contribution in [1.29, 1.82) is 5.39 Å². The molecule has 2 aromatic carbocycles. The van der Waals surface area contributed by atoms with Gasteiger partial charge in [-0.25, -0.2) is 0 Å². The molecule has 0 spiro atoms. The Kier molecular flexibility index (Phi) is 6.36. The van der Waals surface area contributed by atoms with Crippen LogP contribution in [0.25, 0.3) is 4.98 Å². The van der Waals surface area contributed by atoms with Crippen molar-refractivity contribution in [2.75, 3.05) is 7.11 Å². The second-order valence-electron chi connectivity index (χ2n) is 4.58. The molecule has 0 heterocycles. The van der Waals surface area contributed by atoms with Crippen LogP contribution in [0.15, 0.2) is 51.5 Å². The van der Waals surface area contributed by atoms with Crippen molar-refractivity contribution in [2.45, 2.75) is 11.8 Å². The zero-order valence-electron chi connectivity index (χ0n) is 12.7. The van der Waals surface area contributed by atoms with Crippen molar-refractivity contribution in [2.24, 2.45) is 10.2 Å². The average Bonchev–Trinajstić information content (AvgIpc) is 2.52. The van der Waals surface area contributed by atoms with E-state index in [0.717, 1.165) is 0 Å². The third-order valence-electron chi connectivity index (χ3n) is 2.99. The van der Waals surface area contributed by atoms with Crippen molar-refractivity contribution < 1.29 is 30.1 Å². The van der Waals surface area contributed by atoms with E-state index in [0.29, 0.717) is 17.0 Å². The normalized spacial score (nSPS) is 10.9. The highest BCUT2D eigenvalue weighted by Crippen LogP contribution is 2.35. The molecular formula is C14H13ClN4O4S. The van der Waals surface area contributed by atoms with Gasteiger partial charge >= 0.3 is 5.69 Å². The van der Waals surface area contributed by atoms with Crippen LogP contribution in [-0.4, -0.2) is 20.1 Å². The van der Waals surface area contributed by atoms with Crippen molar-refractivity contribution in [3.63, 3.8) is 0 Å². The molecule has 0 aromatic heterocycles. The van der Waals surface area contributed by atoms with Crippen molar-refractivity contribution in [1.82, 2.24) is 0 Å². The summed E-state index contributed by atoms with van der Waals surface area (Å²) in [6.45, 7) is 1.75. The third kappa shape index (κ3) is 4.48. The maximum atomic E-state index is 11.1.